The minimum absolute atomic E-state index is 0.234. The van der Waals surface area contributed by atoms with Gasteiger partial charge in [0.1, 0.15) is 21.8 Å². The Hall–Kier alpha value is -1.19. The first kappa shape index (κ1) is 17.6. The quantitative estimate of drug-likeness (QED) is 0.577. The molecule has 1 aliphatic heterocycles. The van der Waals surface area contributed by atoms with E-state index in [-0.39, 0.29) is 11.8 Å². The monoisotopic (exact) mass is 367 g/mol. The number of aliphatic imine (C=N–C) groups is 1. The molecule has 0 radical (unpaired) electrons. The summed E-state index contributed by atoms with van der Waals surface area (Å²) in [6.07, 6.45) is -0.00225. The fourth-order valence-corrected chi connectivity index (χ4v) is 4.49. The Kier molecular flexibility index (Phi) is 5.72. The minimum atomic E-state index is -0.879. The van der Waals surface area contributed by atoms with Crippen molar-refractivity contribution in [1.29, 1.82) is 0 Å². The number of thiazole rings is 1. The van der Waals surface area contributed by atoms with Crippen LogP contribution in [0.1, 0.15) is 11.4 Å². The maximum Gasteiger partial charge on any atom is 0.177 e. The first-order valence-corrected chi connectivity index (χ1v) is 9.58. The number of thioether (sulfide) groups is 1. The molecule has 0 fully saturated rings. The Balaban J connectivity index is 1.61. The van der Waals surface area contributed by atoms with Crippen molar-refractivity contribution in [3.8, 4) is 5.75 Å². The van der Waals surface area contributed by atoms with Gasteiger partial charge < -0.3 is 19.8 Å². The third-order valence-electron chi connectivity index (χ3n) is 3.60. The van der Waals surface area contributed by atoms with Gasteiger partial charge in [-0.25, -0.2) is 4.98 Å². The summed E-state index contributed by atoms with van der Waals surface area (Å²) in [5.41, 5.74) is 0.847. The van der Waals surface area contributed by atoms with Gasteiger partial charge in [-0.2, -0.15) is 0 Å². The van der Waals surface area contributed by atoms with Gasteiger partial charge in [-0.3, -0.25) is 4.99 Å². The number of rotatable bonds is 7. The Morgan fingerprint density at radius 1 is 1.42 bits per heavy atom. The van der Waals surface area contributed by atoms with Gasteiger partial charge in [0.15, 0.2) is 6.29 Å². The largest absolute Gasteiger partial charge is 0.508 e. The lowest BCUT2D eigenvalue weighted by Gasteiger charge is -2.16. The van der Waals surface area contributed by atoms with E-state index in [0.717, 1.165) is 33.2 Å². The van der Waals surface area contributed by atoms with Crippen molar-refractivity contribution in [2.45, 2.75) is 18.8 Å². The van der Waals surface area contributed by atoms with E-state index in [1.807, 2.05) is 14.1 Å². The minimum Gasteiger partial charge on any atom is -0.508 e. The zero-order valence-corrected chi connectivity index (χ0v) is 15.3. The third-order valence-corrected chi connectivity index (χ3v) is 5.83. The van der Waals surface area contributed by atoms with E-state index < -0.39 is 6.29 Å². The van der Waals surface area contributed by atoms with Gasteiger partial charge in [-0.05, 0) is 45.3 Å². The molecule has 0 amide bonds. The molecule has 1 aromatic carbocycles. The van der Waals surface area contributed by atoms with Crippen molar-refractivity contribution in [1.82, 2.24) is 9.88 Å². The van der Waals surface area contributed by atoms with E-state index >= 15 is 0 Å². The number of nitrogens with zero attached hydrogens (tertiary/aromatic N) is 3. The summed E-state index contributed by atoms with van der Waals surface area (Å²) >= 11 is 3.08. The standard InChI is InChI=1S/C16H21N3O3S2/c1-19(2)6-3-7-22-16(21)12-9-23-14(18-12)15-17-11-5-4-10(20)8-13(11)24-15/h4-5,8,12,16,20-21H,3,6-7,9H2,1-2H3. The zero-order valence-electron chi connectivity index (χ0n) is 13.7. The Morgan fingerprint density at radius 3 is 3.04 bits per heavy atom. The second-order valence-electron chi connectivity index (χ2n) is 5.90. The van der Waals surface area contributed by atoms with Crippen molar-refractivity contribution in [3.05, 3.63) is 23.2 Å². The highest BCUT2D eigenvalue weighted by Gasteiger charge is 2.28. The number of hydrogen-bond acceptors (Lipinski definition) is 8. The Bertz CT molecular complexity index is 732. The number of hydrogen-bond donors (Lipinski definition) is 2. The molecule has 2 atom stereocenters. The van der Waals surface area contributed by atoms with Crippen LogP contribution >= 0.6 is 23.1 Å². The fourth-order valence-electron chi connectivity index (χ4n) is 2.35. The first-order chi connectivity index (χ1) is 11.5. The second-order valence-corrected chi connectivity index (χ2v) is 7.94. The molecule has 2 heterocycles. The predicted molar refractivity (Wildman–Crippen MR) is 99.2 cm³/mol. The SMILES string of the molecule is CN(C)CCCOC(O)C1CSC(c2nc3ccc(O)cc3s2)=N1. The van der Waals surface area contributed by atoms with Gasteiger partial charge in [0.05, 0.1) is 16.8 Å². The lowest BCUT2D eigenvalue weighted by Crippen LogP contribution is -2.28. The number of aliphatic hydroxyl groups excluding tert-OH is 1. The van der Waals surface area contributed by atoms with Gasteiger partial charge >= 0.3 is 0 Å². The molecule has 0 spiro atoms. The lowest BCUT2D eigenvalue weighted by molar-refractivity contribution is -0.109. The van der Waals surface area contributed by atoms with Crippen LogP contribution in [0.25, 0.3) is 10.2 Å². The molecule has 0 saturated heterocycles. The summed E-state index contributed by atoms with van der Waals surface area (Å²) in [6.45, 7) is 1.45. The van der Waals surface area contributed by atoms with Crippen molar-refractivity contribution in [3.63, 3.8) is 0 Å². The number of aromatic nitrogens is 1. The van der Waals surface area contributed by atoms with E-state index in [1.54, 1.807) is 30.0 Å². The van der Waals surface area contributed by atoms with E-state index in [9.17, 15) is 10.2 Å². The van der Waals surface area contributed by atoms with Gasteiger partial charge in [0.2, 0.25) is 0 Å². The molecule has 1 aliphatic rings. The number of phenolic OH excluding ortho intramolecular Hbond substituents is 1. The smallest absolute Gasteiger partial charge is 0.177 e. The normalized spacial score (nSPS) is 19.2. The van der Waals surface area contributed by atoms with Crippen LogP contribution in [0, 0.1) is 0 Å². The molecule has 2 N–H and O–H groups in total. The van der Waals surface area contributed by atoms with Gasteiger partial charge in [0.25, 0.3) is 0 Å². The van der Waals surface area contributed by atoms with Crippen molar-refractivity contribution < 1.29 is 14.9 Å². The summed E-state index contributed by atoms with van der Waals surface area (Å²) in [5, 5.41) is 21.3. The van der Waals surface area contributed by atoms with Crippen LogP contribution in [0.2, 0.25) is 0 Å². The Labute approximate surface area is 149 Å². The molecule has 24 heavy (non-hydrogen) atoms. The summed E-state index contributed by atoms with van der Waals surface area (Å²) < 4.78 is 6.42. The third kappa shape index (κ3) is 4.25. The zero-order chi connectivity index (χ0) is 17.1. The summed E-state index contributed by atoms with van der Waals surface area (Å²) in [5.74, 6) is 0.920. The maximum absolute atomic E-state index is 10.1. The van der Waals surface area contributed by atoms with Crippen LogP contribution in [0.3, 0.4) is 0 Å². The van der Waals surface area contributed by atoms with Crippen molar-refractivity contribution in [2.24, 2.45) is 4.99 Å². The molecule has 6 nitrogen and oxygen atoms in total. The molecule has 2 unspecified atom stereocenters. The maximum atomic E-state index is 10.1. The van der Waals surface area contributed by atoms with E-state index in [0.29, 0.717) is 12.4 Å². The molecular formula is C16H21N3O3S2. The predicted octanol–water partition coefficient (Wildman–Crippen LogP) is 2.15. The first-order valence-electron chi connectivity index (χ1n) is 7.78. The van der Waals surface area contributed by atoms with Crippen LogP contribution in [0.4, 0.5) is 0 Å². The van der Waals surface area contributed by atoms with E-state index in [2.05, 4.69) is 14.9 Å². The van der Waals surface area contributed by atoms with Gasteiger partial charge in [0, 0.05) is 5.75 Å². The van der Waals surface area contributed by atoms with Gasteiger partial charge in [-0.15, -0.1) is 23.1 Å². The van der Waals surface area contributed by atoms with E-state index in [1.165, 1.54) is 11.3 Å². The molecule has 3 rings (SSSR count). The molecule has 8 heteroatoms. The molecule has 0 saturated carbocycles. The highest BCUT2D eigenvalue weighted by atomic mass is 32.2. The molecule has 2 aromatic rings. The lowest BCUT2D eigenvalue weighted by atomic mass is 10.3. The summed E-state index contributed by atoms with van der Waals surface area (Å²) in [7, 11) is 4.02. The number of fused-ring (bicyclic) bond motifs is 1. The van der Waals surface area contributed by atoms with Crippen LogP contribution in [-0.2, 0) is 4.74 Å². The molecule has 0 bridgehead atoms. The molecule has 130 valence electrons. The van der Waals surface area contributed by atoms with Crippen LogP contribution in [-0.4, -0.2) is 70.5 Å². The highest BCUT2D eigenvalue weighted by molar-refractivity contribution is 8.15. The second kappa shape index (κ2) is 7.79. The van der Waals surface area contributed by atoms with Crippen molar-refractivity contribution in [2.75, 3.05) is 33.0 Å². The van der Waals surface area contributed by atoms with Crippen LogP contribution in [0.5, 0.6) is 5.75 Å². The molecule has 1 aromatic heterocycles. The van der Waals surface area contributed by atoms with Crippen LogP contribution in [0.15, 0.2) is 23.2 Å². The topological polar surface area (TPSA) is 78.2 Å². The van der Waals surface area contributed by atoms with E-state index in [4.69, 9.17) is 4.74 Å². The van der Waals surface area contributed by atoms with Gasteiger partial charge in [-0.1, -0.05) is 0 Å². The van der Waals surface area contributed by atoms with Crippen molar-refractivity contribution >= 4 is 38.4 Å². The summed E-state index contributed by atoms with van der Waals surface area (Å²) in [4.78, 5) is 11.2. The fraction of sp³-hybridized carbons (Fsp3) is 0.500. The van der Waals surface area contributed by atoms with Crippen LogP contribution < -0.4 is 0 Å². The summed E-state index contributed by atoms with van der Waals surface area (Å²) in [6, 6.07) is 4.87. The number of benzene rings is 1. The highest BCUT2D eigenvalue weighted by Crippen LogP contribution is 2.32. The number of aromatic hydroxyl groups is 1. The molecular weight excluding hydrogens is 346 g/mol. The number of aliphatic hydroxyl groups is 1. The number of phenols is 1. The Morgan fingerprint density at radius 2 is 2.25 bits per heavy atom. The average Bonchev–Trinajstić information content (AvgIpc) is 3.17. The number of ether oxygens (including phenoxy) is 1. The average molecular weight is 367 g/mol. The molecule has 0 aliphatic carbocycles.